The maximum absolute atomic E-state index is 13.2. The molecule has 1 aliphatic rings. The highest BCUT2D eigenvalue weighted by molar-refractivity contribution is 6.01. The van der Waals surface area contributed by atoms with Crippen molar-refractivity contribution >= 4 is 16.8 Å². The van der Waals surface area contributed by atoms with Crippen LogP contribution in [-0.4, -0.2) is 27.3 Å². The number of fused-ring (bicyclic) bond motifs is 1. The predicted molar refractivity (Wildman–Crippen MR) is 95.0 cm³/mol. The van der Waals surface area contributed by atoms with Crippen LogP contribution < -0.4 is 0 Å². The van der Waals surface area contributed by atoms with E-state index in [4.69, 9.17) is 0 Å². The van der Waals surface area contributed by atoms with Crippen LogP contribution in [0.1, 0.15) is 46.2 Å². The summed E-state index contributed by atoms with van der Waals surface area (Å²) in [6, 6.07) is 12.2. The number of hydrogen-bond donors (Lipinski definition) is 1. The van der Waals surface area contributed by atoms with E-state index in [1.807, 2.05) is 30.0 Å². The Kier molecular flexibility index (Phi) is 3.60. The highest BCUT2D eigenvalue weighted by atomic mass is 16.2. The lowest BCUT2D eigenvalue weighted by atomic mass is 10.1. The second kappa shape index (κ2) is 5.78. The summed E-state index contributed by atoms with van der Waals surface area (Å²) in [5, 5.41) is 1.13. The molecule has 0 bridgehead atoms. The van der Waals surface area contributed by atoms with Gasteiger partial charge in [0.05, 0.1) is 11.7 Å². The molecule has 1 N–H and O–H groups in total. The minimum absolute atomic E-state index is 0.0752. The summed E-state index contributed by atoms with van der Waals surface area (Å²) >= 11 is 0. The van der Waals surface area contributed by atoms with Gasteiger partial charge in [0.2, 0.25) is 0 Å². The average Bonchev–Trinajstić information content (AvgIpc) is 3.21. The first-order chi connectivity index (χ1) is 11.6. The molecule has 0 saturated carbocycles. The Balaban J connectivity index is 1.72. The van der Waals surface area contributed by atoms with Crippen LogP contribution in [-0.2, 0) is 0 Å². The molecule has 1 fully saturated rings. The predicted octanol–water partition coefficient (Wildman–Crippen LogP) is 4.16. The van der Waals surface area contributed by atoms with Crippen LogP contribution in [0.15, 0.2) is 42.6 Å². The van der Waals surface area contributed by atoms with Crippen LogP contribution >= 0.6 is 0 Å². The summed E-state index contributed by atoms with van der Waals surface area (Å²) in [5.74, 6) is 0.0782. The van der Waals surface area contributed by atoms with Crippen LogP contribution in [0.25, 0.3) is 10.9 Å². The first-order valence-corrected chi connectivity index (χ1v) is 8.46. The van der Waals surface area contributed by atoms with E-state index in [-0.39, 0.29) is 11.9 Å². The molecular weight excluding hydrogens is 298 g/mol. The van der Waals surface area contributed by atoms with E-state index in [0.29, 0.717) is 5.69 Å². The molecule has 4 heteroatoms. The molecule has 0 aliphatic carbocycles. The Bertz CT molecular complexity index is 898. The third-order valence-corrected chi connectivity index (χ3v) is 4.97. The number of carbonyl (C=O) groups excluding carboxylic acids is 1. The Morgan fingerprint density at radius 3 is 2.92 bits per heavy atom. The molecule has 4 nitrogen and oxygen atoms in total. The number of rotatable bonds is 2. The number of aromatic amines is 1. The molecule has 1 unspecified atom stereocenters. The van der Waals surface area contributed by atoms with E-state index in [1.165, 1.54) is 5.56 Å². The van der Waals surface area contributed by atoms with E-state index in [1.54, 1.807) is 6.20 Å². The Labute approximate surface area is 141 Å². The summed E-state index contributed by atoms with van der Waals surface area (Å²) in [7, 11) is 0. The molecule has 3 heterocycles. The number of amides is 1. The van der Waals surface area contributed by atoms with Gasteiger partial charge in [-0.25, -0.2) is 0 Å². The monoisotopic (exact) mass is 319 g/mol. The number of hydrogen-bond acceptors (Lipinski definition) is 2. The van der Waals surface area contributed by atoms with Gasteiger partial charge in [-0.05, 0) is 56.5 Å². The van der Waals surface area contributed by atoms with Gasteiger partial charge in [0, 0.05) is 23.6 Å². The number of aromatic nitrogens is 2. The van der Waals surface area contributed by atoms with Gasteiger partial charge in [0.25, 0.3) is 5.91 Å². The number of likely N-dealkylation sites (tertiary alicyclic amines) is 1. The maximum Gasteiger partial charge on any atom is 0.271 e. The van der Waals surface area contributed by atoms with Crippen molar-refractivity contribution in [2.24, 2.45) is 0 Å². The summed E-state index contributed by atoms with van der Waals surface area (Å²) in [4.78, 5) is 22.9. The molecule has 24 heavy (non-hydrogen) atoms. The van der Waals surface area contributed by atoms with Crippen LogP contribution in [0.4, 0.5) is 0 Å². The fraction of sp³-hybridized carbons (Fsp3) is 0.300. The highest BCUT2D eigenvalue weighted by Crippen LogP contribution is 2.33. The maximum atomic E-state index is 13.2. The van der Waals surface area contributed by atoms with Crippen molar-refractivity contribution in [1.29, 1.82) is 0 Å². The molecule has 1 aliphatic heterocycles. The second-order valence-corrected chi connectivity index (χ2v) is 6.59. The fourth-order valence-corrected chi connectivity index (χ4v) is 3.69. The van der Waals surface area contributed by atoms with Gasteiger partial charge in [0.1, 0.15) is 5.69 Å². The van der Waals surface area contributed by atoms with Gasteiger partial charge >= 0.3 is 0 Å². The normalized spacial score (nSPS) is 17.6. The molecule has 2 aromatic heterocycles. The first kappa shape index (κ1) is 14.9. The van der Waals surface area contributed by atoms with Crippen molar-refractivity contribution in [3.8, 4) is 0 Å². The van der Waals surface area contributed by atoms with Crippen molar-refractivity contribution in [3.63, 3.8) is 0 Å². The van der Waals surface area contributed by atoms with E-state index < -0.39 is 0 Å². The van der Waals surface area contributed by atoms with E-state index in [9.17, 15) is 4.79 Å². The van der Waals surface area contributed by atoms with Crippen LogP contribution in [0, 0.1) is 13.8 Å². The molecule has 1 amide bonds. The third-order valence-electron chi connectivity index (χ3n) is 4.97. The Morgan fingerprint density at radius 1 is 1.25 bits per heavy atom. The van der Waals surface area contributed by atoms with Crippen LogP contribution in [0.5, 0.6) is 0 Å². The Hall–Kier alpha value is -2.62. The number of benzene rings is 1. The first-order valence-electron chi connectivity index (χ1n) is 8.46. The minimum atomic E-state index is 0.0752. The van der Waals surface area contributed by atoms with Gasteiger partial charge in [-0.1, -0.05) is 17.7 Å². The summed E-state index contributed by atoms with van der Waals surface area (Å²) in [6.45, 7) is 4.89. The molecule has 0 radical (unpaired) electrons. The van der Waals surface area contributed by atoms with Crippen molar-refractivity contribution in [3.05, 3.63) is 65.1 Å². The lowest BCUT2D eigenvalue weighted by Gasteiger charge is -2.24. The number of aryl methyl sites for hydroxylation is 2. The lowest BCUT2D eigenvalue weighted by Crippen LogP contribution is -2.31. The van der Waals surface area contributed by atoms with Gasteiger partial charge in [-0.3, -0.25) is 9.78 Å². The van der Waals surface area contributed by atoms with E-state index in [0.717, 1.165) is 41.5 Å². The summed E-state index contributed by atoms with van der Waals surface area (Å²) < 4.78 is 0. The lowest BCUT2D eigenvalue weighted by molar-refractivity contribution is 0.0727. The van der Waals surface area contributed by atoms with Crippen molar-refractivity contribution in [1.82, 2.24) is 14.9 Å². The number of carbonyl (C=O) groups is 1. The zero-order valence-electron chi connectivity index (χ0n) is 14.0. The molecule has 1 saturated heterocycles. The molecule has 1 atom stereocenters. The van der Waals surface area contributed by atoms with Crippen molar-refractivity contribution in [2.45, 2.75) is 32.7 Å². The number of pyridine rings is 1. The molecular formula is C20H21N3O. The van der Waals surface area contributed by atoms with Gasteiger partial charge < -0.3 is 9.88 Å². The molecule has 4 rings (SSSR count). The van der Waals surface area contributed by atoms with Gasteiger partial charge in [0.15, 0.2) is 0 Å². The standard InChI is InChI=1S/C20H21N3O/c1-13-8-9-16-15(12-13)14(2)19(22-16)20(24)23-11-5-7-18(23)17-6-3-4-10-21-17/h3-4,6,8-10,12,18,22H,5,7,11H2,1-2H3. The molecule has 0 spiro atoms. The van der Waals surface area contributed by atoms with E-state index >= 15 is 0 Å². The molecule has 3 aromatic rings. The Morgan fingerprint density at radius 2 is 2.12 bits per heavy atom. The van der Waals surface area contributed by atoms with Gasteiger partial charge in [-0.2, -0.15) is 0 Å². The van der Waals surface area contributed by atoms with Crippen molar-refractivity contribution < 1.29 is 4.79 Å². The number of nitrogens with one attached hydrogen (secondary N) is 1. The zero-order valence-corrected chi connectivity index (χ0v) is 14.0. The van der Waals surface area contributed by atoms with Gasteiger partial charge in [-0.15, -0.1) is 0 Å². The smallest absolute Gasteiger partial charge is 0.271 e. The highest BCUT2D eigenvalue weighted by Gasteiger charge is 2.32. The molecule has 122 valence electrons. The number of nitrogens with zero attached hydrogens (tertiary/aromatic N) is 2. The molecule has 1 aromatic carbocycles. The fourth-order valence-electron chi connectivity index (χ4n) is 3.69. The number of H-pyrrole nitrogens is 1. The largest absolute Gasteiger partial charge is 0.350 e. The van der Waals surface area contributed by atoms with Crippen LogP contribution in [0.3, 0.4) is 0 Å². The van der Waals surface area contributed by atoms with Crippen LogP contribution in [0.2, 0.25) is 0 Å². The second-order valence-electron chi connectivity index (χ2n) is 6.59. The topological polar surface area (TPSA) is 49.0 Å². The average molecular weight is 319 g/mol. The summed E-state index contributed by atoms with van der Waals surface area (Å²) in [5.41, 5.74) is 4.95. The van der Waals surface area contributed by atoms with E-state index in [2.05, 4.69) is 35.1 Å². The quantitative estimate of drug-likeness (QED) is 0.771. The minimum Gasteiger partial charge on any atom is -0.350 e. The zero-order chi connectivity index (χ0) is 16.7. The summed E-state index contributed by atoms with van der Waals surface area (Å²) in [6.07, 6.45) is 3.79. The van der Waals surface area contributed by atoms with Crippen molar-refractivity contribution in [2.75, 3.05) is 6.54 Å². The third kappa shape index (κ3) is 2.39. The SMILES string of the molecule is Cc1ccc2[nH]c(C(=O)N3CCCC3c3ccccn3)c(C)c2c1.